The summed E-state index contributed by atoms with van der Waals surface area (Å²) in [7, 11) is -7.00. The molecule has 0 fully saturated rings. The van der Waals surface area contributed by atoms with Crippen LogP contribution in [-0.4, -0.2) is 35.4 Å². The van der Waals surface area contributed by atoms with Crippen LogP contribution in [-0.2, 0) is 19.9 Å². The van der Waals surface area contributed by atoms with E-state index in [-0.39, 0.29) is 17.2 Å². The van der Waals surface area contributed by atoms with Gasteiger partial charge in [-0.05, 0) is 24.3 Å². The first-order valence-electron chi connectivity index (χ1n) is 4.64. The Morgan fingerprint density at radius 2 is 1.65 bits per heavy atom. The van der Waals surface area contributed by atoms with E-state index in [4.69, 9.17) is 0 Å². The van der Waals surface area contributed by atoms with E-state index in [0.29, 0.717) is 0 Å². The molecule has 0 saturated heterocycles. The molecule has 0 aromatic heterocycles. The van der Waals surface area contributed by atoms with Crippen LogP contribution in [0.2, 0.25) is 0 Å². The minimum Gasteiger partial charge on any atom is -0.229 e. The van der Waals surface area contributed by atoms with Crippen molar-refractivity contribution in [2.75, 3.05) is 18.6 Å². The van der Waals surface area contributed by atoms with Gasteiger partial charge in [0.15, 0.2) is 0 Å². The number of halogens is 1. The number of nitrogens with one attached hydrogen (secondary N) is 1. The molecule has 1 rings (SSSR count). The van der Waals surface area contributed by atoms with E-state index >= 15 is 0 Å². The summed E-state index contributed by atoms with van der Waals surface area (Å²) < 4.78 is 59.5. The van der Waals surface area contributed by atoms with Gasteiger partial charge >= 0.3 is 0 Å². The van der Waals surface area contributed by atoms with Crippen LogP contribution in [0.25, 0.3) is 0 Å². The van der Waals surface area contributed by atoms with Crippen molar-refractivity contribution in [1.29, 1.82) is 0 Å². The van der Waals surface area contributed by atoms with Gasteiger partial charge < -0.3 is 0 Å². The quantitative estimate of drug-likeness (QED) is 0.833. The number of hydrogen-bond donors (Lipinski definition) is 1. The molecular weight excluding hydrogens is 269 g/mol. The van der Waals surface area contributed by atoms with E-state index in [1.165, 1.54) is 0 Å². The second-order valence-electron chi connectivity index (χ2n) is 3.48. The lowest BCUT2D eigenvalue weighted by Crippen LogP contribution is -2.28. The summed E-state index contributed by atoms with van der Waals surface area (Å²) in [4.78, 5) is -0.104. The van der Waals surface area contributed by atoms with Crippen molar-refractivity contribution in [2.45, 2.75) is 4.90 Å². The van der Waals surface area contributed by atoms with Crippen LogP contribution in [0, 0.1) is 5.82 Å². The van der Waals surface area contributed by atoms with E-state index in [1.807, 2.05) is 0 Å². The average molecular weight is 281 g/mol. The zero-order chi connectivity index (χ0) is 13.1. The summed E-state index contributed by atoms with van der Waals surface area (Å²) in [6.07, 6.45) is 1.01. The Labute approximate surface area is 99.6 Å². The van der Waals surface area contributed by atoms with Gasteiger partial charge in [-0.1, -0.05) is 0 Å². The van der Waals surface area contributed by atoms with Gasteiger partial charge in [0.2, 0.25) is 10.0 Å². The molecule has 1 aromatic rings. The Morgan fingerprint density at radius 1 is 1.12 bits per heavy atom. The second-order valence-corrected chi connectivity index (χ2v) is 7.51. The first-order chi connectivity index (χ1) is 7.71. The fourth-order valence-corrected chi connectivity index (χ4v) is 2.69. The van der Waals surface area contributed by atoms with Crippen LogP contribution < -0.4 is 4.72 Å². The summed E-state index contributed by atoms with van der Waals surface area (Å²) in [6, 6.07) is 4.26. The van der Waals surface area contributed by atoms with Crippen LogP contribution in [0.1, 0.15) is 0 Å². The molecule has 0 spiro atoms. The van der Waals surface area contributed by atoms with Crippen molar-refractivity contribution in [1.82, 2.24) is 4.72 Å². The maximum Gasteiger partial charge on any atom is 0.240 e. The molecule has 1 N–H and O–H groups in total. The van der Waals surface area contributed by atoms with E-state index in [0.717, 1.165) is 30.5 Å². The van der Waals surface area contributed by atoms with Gasteiger partial charge in [0.25, 0.3) is 0 Å². The van der Waals surface area contributed by atoms with Gasteiger partial charge in [-0.25, -0.2) is 25.9 Å². The van der Waals surface area contributed by atoms with Crippen molar-refractivity contribution in [2.24, 2.45) is 0 Å². The summed E-state index contributed by atoms with van der Waals surface area (Å²) >= 11 is 0. The van der Waals surface area contributed by atoms with Crippen LogP contribution >= 0.6 is 0 Å². The molecule has 5 nitrogen and oxygen atoms in total. The largest absolute Gasteiger partial charge is 0.240 e. The van der Waals surface area contributed by atoms with Crippen LogP contribution in [0.4, 0.5) is 4.39 Å². The number of rotatable bonds is 5. The molecule has 0 atom stereocenters. The highest BCUT2D eigenvalue weighted by atomic mass is 32.2. The highest BCUT2D eigenvalue weighted by Crippen LogP contribution is 2.09. The topological polar surface area (TPSA) is 80.3 Å². The van der Waals surface area contributed by atoms with Crippen molar-refractivity contribution < 1.29 is 21.2 Å². The summed E-state index contributed by atoms with van der Waals surface area (Å²) in [5.74, 6) is -0.826. The van der Waals surface area contributed by atoms with Gasteiger partial charge in [0.05, 0.1) is 10.6 Å². The first-order valence-corrected chi connectivity index (χ1v) is 8.18. The Bertz CT molecular complexity index is 578. The lowest BCUT2D eigenvalue weighted by atomic mass is 10.4. The molecule has 0 aliphatic carbocycles. The van der Waals surface area contributed by atoms with Gasteiger partial charge in [0.1, 0.15) is 15.7 Å². The van der Waals surface area contributed by atoms with Gasteiger partial charge in [-0.2, -0.15) is 0 Å². The molecule has 96 valence electrons. The molecule has 0 bridgehead atoms. The summed E-state index contributed by atoms with van der Waals surface area (Å²) in [6.45, 7) is -0.210. The maximum atomic E-state index is 12.6. The van der Waals surface area contributed by atoms with E-state index < -0.39 is 25.7 Å². The monoisotopic (exact) mass is 281 g/mol. The van der Waals surface area contributed by atoms with Crippen LogP contribution in [0.15, 0.2) is 29.2 Å². The predicted octanol–water partition coefficient (Wildman–Crippen LogP) is 0.149. The SMILES string of the molecule is CS(=O)(=O)CCNS(=O)(=O)c1ccc(F)cc1. The van der Waals surface area contributed by atoms with Crippen molar-refractivity contribution in [3.05, 3.63) is 30.1 Å². The van der Waals surface area contributed by atoms with E-state index in [2.05, 4.69) is 4.72 Å². The van der Waals surface area contributed by atoms with Gasteiger partial charge in [-0.3, -0.25) is 0 Å². The Kier molecular flexibility index (Phi) is 4.23. The molecule has 1 aromatic carbocycles. The Balaban J connectivity index is 2.73. The molecule has 17 heavy (non-hydrogen) atoms. The van der Waals surface area contributed by atoms with Crippen molar-refractivity contribution in [3.63, 3.8) is 0 Å². The lowest BCUT2D eigenvalue weighted by Gasteiger charge is -2.05. The fraction of sp³-hybridized carbons (Fsp3) is 0.333. The summed E-state index contributed by atoms with van der Waals surface area (Å²) in [5, 5.41) is 0. The van der Waals surface area contributed by atoms with Crippen LogP contribution in [0.3, 0.4) is 0 Å². The molecule has 0 amide bonds. The maximum absolute atomic E-state index is 12.6. The Hall–Kier alpha value is -0.990. The number of sulfone groups is 1. The predicted molar refractivity (Wildman–Crippen MR) is 61.3 cm³/mol. The van der Waals surface area contributed by atoms with Gasteiger partial charge in [-0.15, -0.1) is 0 Å². The lowest BCUT2D eigenvalue weighted by molar-refractivity contribution is 0.581. The van der Waals surface area contributed by atoms with Crippen LogP contribution in [0.5, 0.6) is 0 Å². The number of hydrogen-bond acceptors (Lipinski definition) is 4. The van der Waals surface area contributed by atoms with Gasteiger partial charge in [0, 0.05) is 12.8 Å². The molecule has 0 aliphatic rings. The fourth-order valence-electron chi connectivity index (χ4n) is 1.06. The number of benzene rings is 1. The molecular formula is C9H12FNO4S2. The molecule has 8 heteroatoms. The standard InChI is InChI=1S/C9H12FNO4S2/c1-16(12,13)7-6-11-17(14,15)9-4-2-8(10)3-5-9/h2-5,11H,6-7H2,1H3. The number of sulfonamides is 1. The van der Waals surface area contributed by atoms with E-state index in [1.54, 1.807) is 0 Å². The van der Waals surface area contributed by atoms with Crippen molar-refractivity contribution in [3.8, 4) is 0 Å². The molecule has 0 unspecified atom stereocenters. The first kappa shape index (κ1) is 14.1. The normalized spacial score (nSPS) is 12.6. The van der Waals surface area contributed by atoms with E-state index in [9.17, 15) is 21.2 Å². The third-order valence-electron chi connectivity index (χ3n) is 1.89. The highest BCUT2D eigenvalue weighted by molar-refractivity contribution is 7.91. The third-order valence-corrected chi connectivity index (χ3v) is 4.31. The van der Waals surface area contributed by atoms with Crippen molar-refractivity contribution >= 4 is 19.9 Å². The molecule has 0 radical (unpaired) electrons. The smallest absolute Gasteiger partial charge is 0.229 e. The average Bonchev–Trinajstić information content (AvgIpc) is 2.15. The summed E-state index contributed by atoms with van der Waals surface area (Å²) in [5.41, 5.74) is 0. The highest BCUT2D eigenvalue weighted by Gasteiger charge is 2.14. The zero-order valence-corrected chi connectivity index (χ0v) is 10.7. The molecule has 0 saturated carbocycles. The zero-order valence-electron chi connectivity index (χ0n) is 9.05. The minimum absolute atomic E-state index is 0.104. The molecule has 0 aliphatic heterocycles. The second kappa shape index (κ2) is 5.11. The minimum atomic E-state index is -3.78. The Morgan fingerprint density at radius 3 is 2.12 bits per heavy atom. The third kappa shape index (κ3) is 4.80. The molecule has 0 heterocycles.